The molecule has 0 amide bonds. The maximum atomic E-state index is 9.74. The first kappa shape index (κ1) is 17.5. The van der Waals surface area contributed by atoms with Crippen molar-refractivity contribution in [2.45, 2.75) is 0 Å². The van der Waals surface area contributed by atoms with Crippen molar-refractivity contribution in [2.24, 2.45) is 20.0 Å². The molecule has 0 saturated carbocycles. The van der Waals surface area contributed by atoms with E-state index in [1.54, 1.807) is 12.1 Å². The molecule has 0 fully saturated rings. The van der Waals surface area contributed by atoms with E-state index in [2.05, 4.69) is 9.98 Å². The summed E-state index contributed by atoms with van der Waals surface area (Å²) in [5.74, 6) is 0.222. The fourth-order valence-corrected chi connectivity index (χ4v) is 3.82. The van der Waals surface area contributed by atoms with Gasteiger partial charge in [0.1, 0.15) is 5.75 Å². The highest BCUT2D eigenvalue weighted by Crippen LogP contribution is 2.30. The number of aliphatic imine (C=N–C) groups is 4. The van der Waals surface area contributed by atoms with Crippen LogP contribution >= 0.6 is 0 Å². The van der Waals surface area contributed by atoms with E-state index in [0.29, 0.717) is 0 Å². The van der Waals surface area contributed by atoms with Crippen LogP contribution in [0.4, 0.5) is 0 Å². The topological polar surface area (TPSA) is 69.7 Å². The number of benzene rings is 1. The Bertz CT molecular complexity index is 1400. The molecule has 146 valence electrons. The van der Waals surface area contributed by atoms with Crippen molar-refractivity contribution in [1.29, 1.82) is 0 Å². The molecule has 8 bridgehead atoms. The first-order valence-electron chi connectivity index (χ1n) is 9.96. The van der Waals surface area contributed by atoms with Crippen LogP contribution in [0.25, 0.3) is 5.57 Å². The summed E-state index contributed by atoms with van der Waals surface area (Å²) in [5.41, 5.74) is 8.56. The third-order valence-electron chi connectivity index (χ3n) is 5.24. The Hall–Kier alpha value is -4.38. The van der Waals surface area contributed by atoms with Gasteiger partial charge in [-0.3, -0.25) is 0 Å². The van der Waals surface area contributed by atoms with Gasteiger partial charge < -0.3 is 5.11 Å². The standard InChI is InChI=1S/C26H16N4O/c31-23-9-1-16(2-10-23)26-24-11-7-21(29-24)14-19-5-3-17(27-19)13-18-4-6-20(28-18)15-22-8-12-25(26)30-22/h1-15,31H. The first-order chi connectivity index (χ1) is 15.2. The molecule has 0 aromatic heterocycles. The Morgan fingerprint density at radius 3 is 1.74 bits per heavy atom. The fourth-order valence-electron chi connectivity index (χ4n) is 3.82. The number of phenols is 1. The normalized spacial score (nSPS) is 20.5. The highest BCUT2D eigenvalue weighted by Gasteiger charge is 2.19. The zero-order valence-electron chi connectivity index (χ0n) is 16.4. The third kappa shape index (κ3) is 3.32. The average Bonchev–Trinajstić information content (AvgIpc) is 3.55. The second kappa shape index (κ2) is 6.85. The minimum atomic E-state index is 0.222. The first-order valence-corrected chi connectivity index (χ1v) is 9.96. The number of phenolic OH excluding ortho intramolecular Hbond substituents is 1. The Morgan fingerprint density at radius 2 is 1.06 bits per heavy atom. The second-order valence-corrected chi connectivity index (χ2v) is 7.46. The fraction of sp³-hybridized carbons (Fsp3) is 0. The summed E-state index contributed by atoms with van der Waals surface area (Å²) in [6.07, 6.45) is 21.7. The van der Waals surface area contributed by atoms with Crippen LogP contribution in [0.5, 0.6) is 5.75 Å². The van der Waals surface area contributed by atoms with Gasteiger partial charge in [-0.2, -0.15) is 0 Å². The Kier molecular flexibility index (Phi) is 3.86. The van der Waals surface area contributed by atoms with Gasteiger partial charge >= 0.3 is 0 Å². The second-order valence-electron chi connectivity index (χ2n) is 7.46. The minimum Gasteiger partial charge on any atom is -0.508 e. The lowest BCUT2D eigenvalue weighted by molar-refractivity contribution is 0.475. The average molecular weight is 400 g/mol. The Morgan fingerprint density at radius 1 is 0.516 bits per heavy atom. The number of hydrogen-bond acceptors (Lipinski definition) is 5. The predicted molar refractivity (Wildman–Crippen MR) is 126 cm³/mol. The highest BCUT2D eigenvalue weighted by molar-refractivity contribution is 6.32. The lowest BCUT2D eigenvalue weighted by Crippen LogP contribution is -2.00. The van der Waals surface area contributed by atoms with Crippen molar-refractivity contribution < 1.29 is 5.11 Å². The van der Waals surface area contributed by atoms with Crippen LogP contribution in [0.2, 0.25) is 0 Å². The van der Waals surface area contributed by atoms with E-state index in [1.807, 2.05) is 79.0 Å². The zero-order chi connectivity index (χ0) is 20.8. The molecule has 5 nitrogen and oxygen atoms in total. The van der Waals surface area contributed by atoms with Crippen LogP contribution in [0.15, 0.2) is 134 Å². The Balaban J connectivity index is 1.56. The molecule has 1 N–H and O–H groups in total. The maximum Gasteiger partial charge on any atom is 0.115 e. The van der Waals surface area contributed by atoms with Gasteiger partial charge in [0.2, 0.25) is 0 Å². The molecule has 0 unspecified atom stereocenters. The molecule has 0 atom stereocenters. The van der Waals surface area contributed by atoms with Crippen LogP contribution in [-0.2, 0) is 0 Å². The van der Waals surface area contributed by atoms with Crippen LogP contribution in [0.1, 0.15) is 5.56 Å². The van der Waals surface area contributed by atoms with Crippen LogP contribution in [-0.4, -0.2) is 28.0 Å². The molecule has 31 heavy (non-hydrogen) atoms. The van der Waals surface area contributed by atoms with E-state index in [4.69, 9.17) is 9.98 Å². The number of nitrogens with zero attached hydrogens (tertiary/aromatic N) is 4. The Labute approximate surface area is 179 Å². The van der Waals surface area contributed by atoms with Crippen LogP contribution in [0.3, 0.4) is 0 Å². The molecule has 0 spiro atoms. The summed E-state index contributed by atoms with van der Waals surface area (Å²) in [4.78, 5) is 19.0. The largest absolute Gasteiger partial charge is 0.508 e. The third-order valence-corrected chi connectivity index (χ3v) is 5.24. The van der Waals surface area contributed by atoms with Crippen molar-refractivity contribution in [1.82, 2.24) is 0 Å². The van der Waals surface area contributed by atoms with Gasteiger partial charge in [-0.25, -0.2) is 20.0 Å². The van der Waals surface area contributed by atoms with Crippen LogP contribution < -0.4 is 0 Å². The van der Waals surface area contributed by atoms with E-state index in [0.717, 1.165) is 56.8 Å². The summed E-state index contributed by atoms with van der Waals surface area (Å²) in [6, 6.07) is 7.11. The SMILES string of the molecule is Oc1ccc(C2=C3C=CC(=N3)C=C3C=CC(=N3)C=C3C=CC(=N3)C=C3C=CC2=N3)cc1. The summed E-state index contributed by atoms with van der Waals surface area (Å²) >= 11 is 0. The quantitative estimate of drug-likeness (QED) is 0.722. The van der Waals surface area contributed by atoms with Crippen molar-refractivity contribution in [3.63, 3.8) is 0 Å². The number of allylic oxidation sites excluding steroid dienone is 12. The molecule has 6 rings (SSSR count). The van der Waals surface area contributed by atoms with E-state index < -0.39 is 0 Å². The van der Waals surface area contributed by atoms with Crippen molar-refractivity contribution in [3.8, 4) is 5.75 Å². The molecule has 0 saturated heterocycles. The van der Waals surface area contributed by atoms with Gasteiger partial charge in [-0.05, 0) is 84.5 Å². The van der Waals surface area contributed by atoms with E-state index in [1.165, 1.54) is 0 Å². The van der Waals surface area contributed by atoms with Crippen molar-refractivity contribution in [3.05, 3.63) is 119 Å². The van der Waals surface area contributed by atoms with Gasteiger partial charge in [-0.15, -0.1) is 0 Å². The van der Waals surface area contributed by atoms with E-state index in [-0.39, 0.29) is 5.75 Å². The molecule has 5 heteroatoms. The summed E-state index contributed by atoms with van der Waals surface area (Å²) in [5, 5.41) is 9.74. The molecule has 5 aliphatic rings. The monoisotopic (exact) mass is 400 g/mol. The van der Waals surface area contributed by atoms with Gasteiger partial charge in [-0.1, -0.05) is 12.1 Å². The lowest BCUT2D eigenvalue weighted by Gasteiger charge is -2.09. The van der Waals surface area contributed by atoms with Crippen molar-refractivity contribution >= 4 is 28.4 Å². The van der Waals surface area contributed by atoms with Gasteiger partial charge in [0.15, 0.2) is 0 Å². The summed E-state index contributed by atoms with van der Waals surface area (Å²) in [6.45, 7) is 0. The smallest absolute Gasteiger partial charge is 0.115 e. The van der Waals surface area contributed by atoms with Gasteiger partial charge in [0, 0.05) is 5.57 Å². The minimum absolute atomic E-state index is 0.222. The molecule has 5 aliphatic heterocycles. The van der Waals surface area contributed by atoms with Crippen LogP contribution in [0, 0.1) is 0 Å². The molecule has 1 aromatic rings. The highest BCUT2D eigenvalue weighted by atomic mass is 16.3. The molecule has 1 aromatic carbocycles. The van der Waals surface area contributed by atoms with E-state index >= 15 is 0 Å². The number of aromatic hydroxyl groups is 1. The predicted octanol–water partition coefficient (Wildman–Crippen LogP) is 4.81. The number of fused-ring (bicyclic) bond motifs is 4. The lowest BCUT2D eigenvalue weighted by atomic mass is 9.99. The molecule has 0 aliphatic carbocycles. The molecular formula is C26H16N4O. The number of hydrogen-bond donors (Lipinski definition) is 1. The molecule has 0 radical (unpaired) electrons. The van der Waals surface area contributed by atoms with Gasteiger partial charge in [0.25, 0.3) is 0 Å². The van der Waals surface area contributed by atoms with Crippen molar-refractivity contribution in [2.75, 3.05) is 0 Å². The zero-order valence-corrected chi connectivity index (χ0v) is 16.4. The summed E-state index contributed by atoms with van der Waals surface area (Å²) < 4.78 is 0. The summed E-state index contributed by atoms with van der Waals surface area (Å²) in [7, 11) is 0. The van der Waals surface area contributed by atoms with E-state index in [9.17, 15) is 5.11 Å². The van der Waals surface area contributed by atoms with Gasteiger partial charge in [0.05, 0.1) is 45.6 Å². The number of rotatable bonds is 1. The molecular weight excluding hydrogens is 384 g/mol. The molecule has 5 heterocycles. The maximum absolute atomic E-state index is 9.74.